The zero-order valence-corrected chi connectivity index (χ0v) is 13.4. The standard InChI is InChI=1S/C13H15BrN4O3/c1-8-7-10(14)9(2)18(21)11(8)17-12(19)15-5-3-4-6-16(15)13(17)20/h7H,3-6H2,1-2H3. The van der Waals surface area contributed by atoms with E-state index < -0.39 is 11.4 Å². The lowest BCUT2D eigenvalue weighted by Crippen LogP contribution is -2.43. The maximum absolute atomic E-state index is 12.5. The third-order valence-corrected chi connectivity index (χ3v) is 4.66. The van der Waals surface area contributed by atoms with Gasteiger partial charge in [-0.15, -0.1) is 0 Å². The average Bonchev–Trinajstić information content (AvgIpc) is 2.71. The number of pyridine rings is 1. The molecular weight excluding hydrogens is 340 g/mol. The highest BCUT2D eigenvalue weighted by atomic mass is 79.9. The third-order valence-electron chi connectivity index (χ3n) is 3.86. The van der Waals surface area contributed by atoms with Crippen molar-refractivity contribution in [2.24, 2.45) is 0 Å². The SMILES string of the molecule is Cc1cc(Br)c(C)[n+]([O-])c1-n1c(=O)n2n(c1=O)CCCC2. The fraction of sp³-hybridized carbons (Fsp3) is 0.462. The molecule has 3 heterocycles. The van der Waals surface area contributed by atoms with Crippen LogP contribution < -0.4 is 16.1 Å². The molecule has 0 saturated heterocycles. The second-order valence-corrected chi connectivity index (χ2v) is 6.09. The minimum Gasteiger partial charge on any atom is -0.710 e. The van der Waals surface area contributed by atoms with Gasteiger partial charge in [-0.1, -0.05) is 4.57 Å². The lowest BCUT2D eigenvalue weighted by molar-refractivity contribution is -0.607. The molecule has 0 saturated carbocycles. The normalized spacial score (nSPS) is 14.2. The van der Waals surface area contributed by atoms with Crippen LogP contribution in [0.5, 0.6) is 0 Å². The van der Waals surface area contributed by atoms with Crippen LogP contribution in [0, 0.1) is 19.1 Å². The fourth-order valence-electron chi connectivity index (χ4n) is 2.70. The molecule has 0 fully saturated rings. The van der Waals surface area contributed by atoms with Crippen molar-refractivity contribution in [1.82, 2.24) is 13.9 Å². The number of nitrogens with zero attached hydrogens (tertiary/aromatic N) is 4. The number of hydrogen-bond acceptors (Lipinski definition) is 3. The Morgan fingerprint density at radius 1 is 1.14 bits per heavy atom. The van der Waals surface area contributed by atoms with Gasteiger partial charge in [0.2, 0.25) is 0 Å². The molecule has 21 heavy (non-hydrogen) atoms. The molecule has 1 aliphatic heterocycles. The Bertz CT molecular complexity index is 809. The van der Waals surface area contributed by atoms with Crippen LogP contribution in [0.3, 0.4) is 0 Å². The van der Waals surface area contributed by atoms with Crippen LogP contribution >= 0.6 is 15.9 Å². The summed E-state index contributed by atoms with van der Waals surface area (Å²) in [5.41, 5.74) is 0.0875. The van der Waals surface area contributed by atoms with Crippen molar-refractivity contribution < 1.29 is 4.73 Å². The van der Waals surface area contributed by atoms with Gasteiger partial charge in [0.15, 0.2) is 0 Å². The van der Waals surface area contributed by atoms with Gasteiger partial charge < -0.3 is 5.21 Å². The van der Waals surface area contributed by atoms with E-state index in [0.29, 0.717) is 33.6 Å². The van der Waals surface area contributed by atoms with Gasteiger partial charge in [-0.3, -0.25) is 0 Å². The summed E-state index contributed by atoms with van der Waals surface area (Å²) in [7, 11) is 0. The molecule has 2 aromatic rings. The van der Waals surface area contributed by atoms with Gasteiger partial charge in [-0.25, -0.2) is 23.7 Å². The molecule has 8 heteroatoms. The molecule has 2 aromatic heterocycles. The topological polar surface area (TPSA) is 75.9 Å². The van der Waals surface area contributed by atoms with Gasteiger partial charge in [-0.2, -0.15) is 0 Å². The van der Waals surface area contributed by atoms with Gasteiger partial charge >= 0.3 is 17.2 Å². The van der Waals surface area contributed by atoms with Crippen LogP contribution in [0.25, 0.3) is 5.82 Å². The fourth-order valence-corrected chi connectivity index (χ4v) is 3.20. The summed E-state index contributed by atoms with van der Waals surface area (Å²) in [6.07, 6.45) is 1.72. The molecule has 0 unspecified atom stereocenters. The molecule has 0 aromatic carbocycles. The van der Waals surface area contributed by atoms with E-state index >= 15 is 0 Å². The smallest absolute Gasteiger partial charge is 0.439 e. The first-order valence-corrected chi connectivity index (χ1v) is 7.55. The lowest BCUT2D eigenvalue weighted by atomic mass is 10.2. The first-order chi connectivity index (χ1) is 9.93. The molecule has 0 atom stereocenters. The van der Waals surface area contributed by atoms with E-state index in [2.05, 4.69) is 15.9 Å². The molecular formula is C13H15BrN4O3. The van der Waals surface area contributed by atoms with Crippen LogP contribution in [0.4, 0.5) is 0 Å². The Kier molecular flexibility index (Phi) is 3.27. The summed E-state index contributed by atoms with van der Waals surface area (Å²) in [4.78, 5) is 25.0. The number of rotatable bonds is 1. The molecule has 3 rings (SSSR count). The third kappa shape index (κ3) is 1.97. The minimum atomic E-state index is -0.450. The zero-order valence-electron chi connectivity index (χ0n) is 11.8. The summed E-state index contributed by atoms with van der Waals surface area (Å²) >= 11 is 3.30. The average molecular weight is 355 g/mol. The molecule has 0 bridgehead atoms. The second kappa shape index (κ2) is 4.87. The Morgan fingerprint density at radius 3 is 2.19 bits per heavy atom. The minimum absolute atomic E-state index is 0.0834. The van der Waals surface area contributed by atoms with Crippen molar-refractivity contribution in [3.8, 4) is 5.82 Å². The van der Waals surface area contributed by atoms with Gasteiger partial charge in [0.25, 0.3) is 0 Å². The largest absolute Gasteiger partial charge is 0.710 e. The van der Waals surface area contributed by atoms with Gasteiger partial charge in [0.05, 0.1) is 4.47 Å². The molecule has 7 nitrogen and oxygen atoms in total. The van der Waals surface area contributed by atoms with Crippen LogP contribution in [0.15, 0.2) is 20.1 Å². The van der Waals surface area contributed by atoms with Crippen LogP contribution in [-0.2, 0) is 13.1 Å². The first-order valence-electron chi connectivity index (χ1n) is 6.75. The van der Waals surface area contributed by atoms with Crippen molar-refractivity contribution in [1.29, 1.82) is 0 Å². The van der Waals surface area contributed by atoms with Crippen molar-refractivity contribution in [3.63, 3.8) is 0 Å². The second-order valence-electron chi connectivity index (χ2n) is 5.23. The summed E-state index contributed by atoms with van der Waals surface area (Å²) in [5, 5.41) is 12.4. The van der Waals surface area contributed by atoms with E-state index in [-0.39, 0.29) is 5.82 Å². The maximum atomic E-state index is 12.5. The van der Waals surface area contributed by atoms with E-state index in [1.807, 2.05) is 0 Å². The molecule has 1 aliphatic rings. The number of hydrogen-bond donors (Lipinski definition) is 0. The first kappa shape index (κ1) is 14.1. The van der Waals surface area contributed by atoms with Crippen molar-refractivity contribution >= 4 is 15.9 Å². The van der Waals surface area contributed by atoms with Crippen molar-refractivity contribution in [3.05, 3.63) is 48.0 Å². The maximum Gasteiger partial charge on any atom is 0.439 e. The van der Waals surface area contributed by atoms with E-state index in [9.17, 15) is 14.8 Å². The van der Waals surface area contributed by atoms with Gasteiger partial charge in [0.1, 0.15) is 5.69 Å². The molecule has 0 spiro atoms. The zero-order chi connectivity index (χ0) is 15.3. The van der Waals surface area contributed by atoms with Crippen LogP contribution in [0.1, 0.15) is 24.1 Å². The van der Waals surface area contributed by atoms with E-state index in [1.165, 1.54) is 9.36 Å². The number of aromatic nitrogens is 4. The number of fused-ring (bicyclic) bond motifs is 1. The summed E-state index contributed by atoms with van der Waals surface area (Å²) in [6.45, 7) is 4.36. The highest BCUT2D eigenvalue weighted by molar-refractivity contribution is 9.10. The van der Waals surface area contributed by atoms with E-state index in [1.54, 1.807) is 19.9 Å². The van der Waals surface area contributed by atoms with Crippen molar-refractivity contribution in [2.45, 2.75) is 39.8 Å². The molecule has 0 N–H and O–H groups in total. The Balaban J connectivity index is 2.38. The Labute approximate surface area is 128 Å². The number of aryl methyl sites for hydroxylation is 1. The number of halogens is 1. The summed E-state index contributed by atoms with van der Waals surface area (Å²) in [5.74, 6) is 0.0834. The van der Waals surface area contributed by atoms with E-state index in [0.717, 1.165) is 17.4 Å². The van der Waals surface area contributed by atoms with Crippen molar-refractivity contribution in [2.75, 3.05) is 0 Å². The van der Waals surface area contributed by atoms with E-state index in [4.69, 9.17) is 0 Å². The molecule has 0 amide bonds. The monoisotopic (exact) mass is 354 g/mol. The Morgan fingerprint density at radius 2 is 1.67 bits per heavy atom. The van der Waals surface area contributed by atoms with Gasteiger partial charge in [0, 0.05) is 18.7 Å². The quantitative estimate of drug-likeness (QED) is 0.556. The Hall–Kier alpha value is -1.83. The summed E-state index contributed by atoms with van der Waals surface area (Å²) in [6, 6.07) is 1.74. The molecule has 0 radical (unpaired) electrons. The predicted octanol–water partition coefficient (Wildman–Crippen LogP) is 0.607. The molecule has 112 valence electrons. The van der Waals surface area contributed by atoms with Gasteiger partial charge in [-0.05, 0) is 48.7 Å². The van der Waals surface area contributed by atoms with Crippen LogP contribution in [-0.4, -0.2) is 13.9 Å². The van der Waals surface area contributed by atoms with Crippen LogP contribution in [0.2, 0.25) is 0 Å². The highest BCUT2D eigenvalue weighted by Gasteiger charge is 2.29. The summed E-state index contributed by atoms with van der Waals surface area (Å²) < 4.78 is 5.10. The predicted molar refractivity (Wildman–Crippen MR) is 79.7 cm³/mol. The lowest BCUT2D eigenvalue weighted by Gasteiger charge is -2.13. The highest BCUT2D eigenvalue weighted by Crippen LogP contribution is 2.17. The molecule has 0 aliphatic carbocycles.